The Morgan fingerprint density at radius 1 is 1.35 bits per heavy atom. The standard InChI is InChI=1S/C16H24ClN3O3/c1-2-16(23)20-7-5-19(6-8-20)15-4-3-12(9-14(15)17)18-10-13(22)11-21/h3-4,9,13,18,21-22H,2,5-8,10-11H2,1H3. The molecule has 128 valence electrons. The third kappa shape index (κ3) is 4.73. The molecule has 6 nitrogen and oxygen atoms in total. The van der Waals surface area contributed by atoms with Gasteiger partial charge in [0.15, 0.2) is 0 Å². The van der Waals surface area contributed by atoms with Gasteiger partial charge in [-0.3, -0.25) is 4.79 Å². The minimum Gasteiger partial charge on any atom is -0.394 e. The van der Waals surface area contributed by atoms with Gasteiger partial charge >= 0.3 is 0 Å². The van der Waals surface area contributed by atoms with E-state index in [1.54, 1.807) is 0 Å². The minimum absolute atomic E-state index is 0.192. The molecule has 1 heterocycles. The largest absolute Gasteiger partial charge is 0.394 e. The lowest BCUT2D eigenvalue weighted by Crippen LogP contribution is -2.48. The Balaban J connectivity index is 1.95. The molecular formula is C16H24ClN3O3. The highest BCUT2D eigenvalue weighted by molar-refractivity contribution is 6.33. The molecule has 0 aliphatic carbocycles. The summed E-state index contributed by atoms with van der Waals surface area (Å²) in [7, 11) is 0. The summed E-state index contributed by atoms with van der Waals surface area (Å²) in [6.45, 7) is 4.83. The van der Waals surface area contributed by atoms with Crippen LogP contribution in [-0.4, -0.2) is 66.5 Å². The van der Waals surface area contributed by atoms with Crippen molar-refractivity contribution >= 4 is 28.9 Å². The van der Waals surface area contributed by atoms with Crippen molar-refractivity contribution in [2.24, 2.45) is 0 Å². The average Bonchev–Trinajstić information content (AvgIpc) is 2.59. The first-order valence-corrected chi connectivity index (χ1v) is 8.28. The molecule has 1 amide bonds. The van der Waals surface area contributed by atoms with Gasteiger partial charge in [-0.05, 0) is 18.2 Å². The van der Waals surface area contributed by atoms with Gasteiger partial charge < -0.3 is 25.3 Å². The van der Waals surface area contributed by atoms with Gasteiger partial charge in [0.25, 0.3) is 0 Å². The Labute approximate surface area is 141 Å². The van der Waals surface area contributed by atoms with Crippen molar-refractivity contribution in [1.82, 2.24) is 4.90 Å². The number of hydrogen-bond donors (Lipinski definition) is 3. The van der Waals surface area contributed by atoms with Crippen LogP contribution >= 0.6 is 11.6 Å². The Morgan fingerprint density at radius 3 is 2.61 bits per heavy atom. The number of anilines is 2. The smallest absolute Gasteiger partial charge is 0.222 e. The van der Waals surface area contributed by atoms with Gasteiger partial charge in [-0.25, -0.2) is 0 Å². The van der Waals surface area contributed by atoms with Crippen molar-refractivity contribution in [1.29, 1.82) is 0 Å². The van der Waals surface area contributed by atoms with Gasteiger partial charge in [0.2, 0.25) is 5.91 Å². The molecule has 0 aromatic heterocycles. The normalized spacial score (nSPS) is 16.3. The molecular weight excluding hydrogens is 318 g/mol. The second-order valence-corrected chi connectivity index (χ2v) is 6.01. The van der Waals surface area contributed by atoms with E-state index in [1.165, 1.54) is 0 Å². The number of piperazine rings is 1. The molecule has 3 N–H and O–H groups in total. The van der Waals surface area contributed by atoms with Crippen LogP contribution in [0.4, 0.5) is 11.4 Å². The molecule has 0 saturated carbocycles. The topological polar surface area (TPSA) is 76.0 Å². The number of carbonyl (C=O) groups excluding carboxylic acids is 1. The molecule has 1 aromatic rings. The van der Waals surface area contributed by atoms with Crippen molar-refractivity contribution in [3.8, 4) is 0 Å². The first-order valence-electron chi connectivity index (χ1n) is 7.90. The van der Waals surface area contributed by atoms with Gasteiger partial charge in [0.05, 0.1) is 23.4 Å². The van der Waals surface area contributed by atoms with E-state index in [1.807, 2.05) is 30.0 Å². The van der Waals surface area contributed by atoms with Gasteiger partial charge in [-0.2, -0.15) is 0 Å². The molecule has 23 heavy (non-hydrogen) atoms. The Kier molecular flexibility index (Phi) is 6.50. The Morgan fingerprint density at radius 2 is 2.04 bits per heavy atom. The number of rotatable bonds is 6. The van der Waals surface area contributed by atoms with E-state index in [4.69, 9.17) is 16.7 Å². The number of aliphatic hydroxyl groups is 2. The number of nitrogens with zero attached hydrogens (tertiary/aromatic N) is 2. The molecule has 1 aliphatic heterocycles. The first kappa shape index (κ1) is 17.8. The lowest BCUT2D eigenvalue weighted by Gasteiger charge is -2.36. The van der Waals surface area contributed by atoms with Crippen LogP contribution in [0.25, 0.3) is 0 Å². The van der Waals surface area contributed by atoms with Crippen LogP contribution in [-0.2, 0) is 4.79 Å². The zero-order chi connectivity index (χ0) is 16.8. The molecule has 1 aromatic carbocycles. The minimum atomic E-state index is -0.794. The van der Waals surface area contributed by atoms with E-state index in [2.05, 4.69) is 10.2 Å². The number of hydrogen-bond acceptors (Lipinski definition) is 5. The maximum absolute atomic E-state index is 11.7. The van der Waals surface area contributed by atoms with Gasteiger partial charge in [-0.15, -0.1) is 0 Å². The second-order valence-electron chi connectivity index (χ2n) is 5.60. The highest BCUT2D eigenvalue weighted by Gasteiger charge is 2.21. The predicted octanol–water partition coefficient (Wildman–Crippen LogP) is 1.16. The van der Waals surface area contributed by atoms with E-state index in [-0.39, 0.29) is 19.1 Å². The summed E-state index contributed by atoms with van der Waals surface area (Å²) in [6.07, 6.45) is -0.251. The van der Waals surface area contributed by atoms with E-state index in [0.29, 0.717) is 24.5 Å². The van der Waals surface area contributed by atoms with Gasteiger partial charge in [-0.1, -0.05) is 18.5 Å². The monoisotopic (exact) mass is 341 g/mol. The summed E-state index contributed by atoms with van der Waals surface area (Å²) in [5.41, 5.74) is 1.74. The van der Waals surface area contributed by atoms with Crippen LogP contribution in [0, 0.1) is 0 Å². The molecule has 1 saturated heterocycles. The van der Waals surface area contributed by atoms with Crippen LogP contribution in [0.1, 0.15) is 13.3 Å². The van der Waals surface area contributed by atoms with Crippen LogP contribution in [0.5, 0.6) is 0 Å². The van der Waals surface area contributed by atoms with Crippen molar-refractivity contribution in [3.63, 3.8) is 0 Å². The van der Waals surface area contributed by atoms with Crippen LogP contribution < -0.4 is 10.2 Å². The second kappa shape index (κ2) is 8.38. The summed E-state index contributed by atoms with van der Waals surface area (Å²) in [5.74, 6) is 0.192. The van der Waals surface area contributed by atoms with Crippen molar-refractivity contribution < 1.29 is 15.0 Å². The fourth-order valence-electron chi connectivity index (χ4n) is 2.59. The van der Waals surface area contributed by atoms with E-state index in [0.717, 1.165) is 24.5 Å². The van der Waals surface area contributed by atoms with E-state index in [9.17, 15) is 9.90 Å². The third-order valence-corrected chi connectivity index (χ3v) is 4.28. The molecule has 7 heteroatoms. The molecule has 0 bridgehead atoms. The van der Waals surface area contributed by atoms with Crippen molar-refractivity contribution in [3.05, 3.63) is 23.2 Å². The third-order valence-electron chi connectivity index (χ3n) is 3.98. The quantitative estimate of drug-likeness (QED) is 0.724. The molecule has 0 radical (unpaired) electrons. The highest BCUT2D eigenvalue weighted by Crippen LogP contribution is 2.29. The summed E-state index contributed by atoms with van der Waals surface area (Å²) >= 11 is 6.36. The molecule has 1 unspecified atom stereocenters. The SMILES string of the molecule is CCC(=O)N1CCN(c2ccc(NCC(O)CO)cc2Cl)CC1. The summed E-state index contributed by atoms with van der Waals surface area (Å²) in [5, 5.41) is 21.8. The van der Waals surface area contributed by atoms with Crippen LogP contribution in [0.2, 0.25) is 5.02 Å². The van der Waals surface area contributed by atoms with Crippen molar-refractivity contribution in [2.45, 2.75) is 19.4 Å². The van der Waals surface area contributed by atoms with Crippen LogP contribution in [0.15, 0.2) is 18.2 Å². The molecule has 0 spiro atoms. The molecule has 1 atom stereocenters. The maximum Gasteiger partial charge on any atom is 0.222 e. The molecule has 2 rings (SSSR count). The summed E-state index contributed by atoms with van der Waals surface area (Å²) < 4.78 is 0. The van der Waals surface area contributed by atoms with Crippen molar-refractivity contribution in [2.75, 3.05) is 49.5 Å². The highest BCUT2D eigenvalue weighted by atomic mass is 35.5. The van der Waals surface area contributed by atoms with Gasteiger partial charge in [0.1, 0.15) is 0 Å². The number of aliphatic hydroxyl groups excluding tert-OH is 2. The summed E-state index contributed by atoms with van der Waals surface area (Å²) in [6, 6.07) is 5.65. The number of benzene rings is 1. The number of halogens is 1. The average molecular weight is 342 g/mol. The number of carbonyl (C=O) groups is 1. The lowest BCUT2D eigenvalue weighted by atomic mass is 10.2. The first-order chi connectivity index (χ1) is 11.0. The Hall–Kier alpha value is -1.50. The van der Waals surface area contributed by atoms with E-state index >= 15 is 0 Å². The number of amides is 1. The summed E-state index contributed by atoms with van der Waals surface area (Å²) in [4.78, 5) is 15.8. The molecule has 1 fully saturated rings. The van der Waals surface area contributed by atoms with Crippen LogP contribution in [0.3, 0.4) is 0 Å². The Bertz CT molecular complexity index is 533. The lowest BCUT2D eigenvalue weighted by molar-refractivity contribution is -0.131. The predicted molar refractivity (Wildman–Crippen MR) is 92.1 cm³/mol. The fourth-order valence-corrected chi connectivity index (χ4v) is 2.89. The zero-order valence-corrected chi connectivity index (χ0v) is 14.1. The number of nitrogens with one attached hydrogen (secondary N) is 1. The fraction of sp³-hybridized carbons (Fsp3) is 0.562. The van der Waals surface area contributed by atoms with Gasteiger partial charge in [0, 0.05) is 44.8 Å². The zero-order valence-electron chi connectivity index (χ0n) is 13.3. The molecule has 1 aliphatic rings. The maximum atomic E-state index is 11.7. The van der Waals surface area contributed by atoms with E-state index < -0.39 is 6.10 Å².